The molecule has 4 aromatic rings. The second-order valence-corrected chi connectivity index (χ2v) is 6.34. The zero-order chi connectivity index (χ0) is 20.9. The van der Waals surface area contributed by atoms with Crippen LogP contribution in [0.2, 0.25) is 0 Å². The Labute approximate surface area is 171 Å². The minimum Gasteiger partial charge on any atom is -0.465 e. The molecule has 4 rings (SSSR count). The highest BCUT2D eigenvalue weighted by Gasteiger charge is 2.12. The molecule has 1 amide bonds. The summed E-state index contributed by atoms with van der Waals surface area (Å²) in [6.07, 6.45) is 1.67. The molecule has 2 N–H and O–H groups in total. The average molecular weight is 399 g/mol. The van der Waals surface area contributed by atoms with Crippen LogP contribution in [0.1, 0.15) is 20.8 Å². The van der Waals surface area contributed by atoms with E-state index in [0.29, 0.717) is 28.3 Å². The first-order valence-electron chi connectivity index (χ1n) is 9.08. The normalized spacial score (nSPS) is 10.4. The van der Waals surface area contributed by atoms with Crippen LogP contribution in [0.5, 0.6) is 0 Å². The Balaban J connectivity index is 1.48. The molecule has 0 fully saturated rings. The molecule has 8 heteroatoms. The van der Waals surface area contributed by atoms with Gasteiger partial charge in [0.15, 0.2) is 11.5 Å². The van der Waals surface area contributed by atoms with Gasteiger partial charge in [-0.15, -0.1) is 10.2 Å². The Bertz CT molecular complexity index is 1220. The van der Waals surface area contributed by atoms with Crippen LogP contribution in [-0.4, -0.2) is 34.2 Å². The van der Waals surface area contributed by atoms with Gasteiger partial charge in [0.1, 0.15) is 0 Å². The molecular weight excluding hydrogens is 382 g/mol. The van der Waals surface area contributed by atoms with Crippen molar-refractivity contribution in [1.82, 2.24) is 15.2 Å². The Morgan fingerprint density at radius 2 is 1.77 bits per heavy atom. The average Bonchev–Trinajstić information content (AvgIpc) is 2.79. The number of aromatic nitrogens is 3. The molecule has 8 nitrogen and oxygen atoms in total. The van der Waals surface area contributed by atoms with Gasteiger partial charge in [-0.25, -0.2) is 4.79 Å². The monoisotopic (exact) mass is 399 g/mol. The lowest BCUT2D eigenvalue weighted by molar-refractivity contribution is 0.0600. The predicted octanol–water partition coefficient (Wildman–Crippen LogP) is 3.81. The van der Waals surface area contributed by atoms with Gasteiger partial charge in [0.25, 0.3) is 5.91 Å². The largest absolute Gasteiger partial charge is 0.465 e. The number of anilines is 3. The van der Waals surface area contributed by atoms with Gasteiger partial charge in [-0.05, 0) is 42.5 Å². The first kappa shape index (κ1) is 19.0. The SMILES string of the molecule is COC(=O)c1cccc(Nc2ccc(C(=O)Nc3cccc4cccnc34)nn2)c1. The summed E-state index contributed by atoms with van der Waals surface area (Å²) in [5, 5.41) is 14.8. The molecule has 0 spiro atoms. The second-order valence-electron chi connectivity index (χ2n) is 6.34. The number of hydrogen-bond acceptors (Lipinski definition) is 7. The molecule has 0 radical (unpaired) electrons. The molecule has 0 saturated carbocycles. The summed E-state index contributed by atoms with van der Waals surface area (Å²) in [6.45, 7) is 0. The standard InChI is InChI=1S/C22H17N5O3/c1-30-22(29)15-6-2-8-16(13-15)24-19-11-10-18(26-27-19)21(28)25-17-9-3-5-14-7-4-12-23-20(14)17/h2-13H,1H3,(H,24,27)(H,25,28). The highest BCUT2D eigenvalue weighted by molar-refractivity contribution is 6.07. The summed E-state index contributed by atoms with van der Waals surface area (Å²) in [7, 11) is 1.33. The van der Waals surface area contributed by atoms with E-state index in [9.17, 15) is 9.59 Å². The van der Waals surface area contributed by atoms with Crippen LogP contribution in [-0.2, 0) is 4.74 Å². The van der Waals surface area contributed by atoms with Crippen molar-refractivity contribution < 1.29 is 14.3 Å². The fraction of sp³-hybridized carbons (Fsp3) is 0.0455. The number of hydrogen-bond donors (Lipinski definition) is 2. The number of rotatable bonds is 5. The Morgan fingerprint density at radius 3 is 2.57 bits per heavy atom. The first-order valence-corrected chi connectivity index (χ1v) is 9.08. The third-order valence-electron chi connectivity index (χ3n) is 4.33. The summed E-state index contributed by atoms with van der Waals surface area (Å²) < 4.78 is 4.72. The van der Waals surface area contributed by atoms with Crippen LogP contribution in [0.15, 0.2) is 72.9 Å². The molecular formula is C22H17N5O3. The van der Waals surface area contributed by atoms with Crippen LogP contribution in [0.3, 0.4) is 0 Å². The smallest absolute Gasteiger partial charge is 0.337 e. The summed E-state index contributed by atoms with van der Waals surface area (Å²) in [6, 6.07) is 19.3. The number of pyridine rings is 1. The highest BCUT2D eigenvalue weighted by Crippen LogP contribution is 2.21. The third-order valence-corrected chi connectivity index (χ3v) is 4.33. The Morgan fingerprint density at radius 1 is 0.933 bits per heavy atom. The predicted molar refractivity (Wildman–Crippen MR) is 113 cm³/mol. The molecule has 0 unspecified atom stereocenters. The molecule has 2 aromatic heterocycles. The third kappa shape index (κ3) is 4.07. The van der Waals surface area contributed by atoms with E-state index >= 15 is 0 Å². The number of carbonyl (C=O) groups excluding carboxylic acids is 2. The molecule has 2 aromatic carbocycles. The van der Waals surface area contributed by atoms with Gasteiger partial charge in [-0.2, -0.15) is 0 Å². The van der Waals surface area contributed by atoms with Crippen molar-refractivity contribution in [3.63, 3.8) is 0 Å². The summed E-state index contributed by atoms with van der Waals surface area (Å²) in [5.41, 5.74) is 2.52. The van der Waals surface area contributed by atoms with Gasteiger partial charge in [0.05, 0.1) is 23.9 Å². The molecule has 0 aliphatic rings. The van der Waals surface area contributed by atoms with Gasteiger partial charge in [-0.1, -0.05) is 24.3 Å². The fourth-order valence-corrected chi connectivity index (χ4v) is 2.90. The first-order chi connectivity index (χ1) is 14.6. The molecule has 2 heterocycles. The van der Waals surface area contributed by atoms with Crippen LogP contribution in [0.4, 0.5) is 17.2 Å². The van der Waals surface area contributed by atoms with Crippen LogP contribution in [0.25, 0.3) is 10.9 Å². The van der Waals surface area contributed by atoms with E-state index in [4.69, 9.17) is 4.74 Å². The van der Waals surface area contributed by atoms with Gasteiger partial charge < -0.3 is 15.4 Å². The van der Waals surface area contributed by atoms with Gasteiger partial charge >= 0.3 is 5.97 Å². The van der Waals surface area contributed by atoms with E-state index in [1.807, 2.05) is 24.3 Å². The number of amides is 1. The lowest BCUT2D eigenvalue weighted by Gasteiger charge is -2.09. The van der Waals surface area contributed by atoms with Crippen molar-refractivity contribution in [2.24, 2.45) is 0 Å². The number of methoxy groups -OCH3 is 1. The van der Waals surface area contributed by atoms with Crippen molar-refractivity contribution in [2.45, 2.75) is 0 Å². The Kier molecular flexibility index (Phi) is 5.29. The lowest BCUT2D eigenvalue weighted by Crippen LogP contribution is -2.15. The number of esters is 1. The van der Waals surface area contributed by atoms with E-state index in [1.54, 1.807) is 48.7 Å². The van der Waals surface area contributed by atoms with Crippen molar-refractivity contribution in [2.75, 3.05) is 17.7 Å². The number of fused-ring (bicyclic) bond motifs is 1. The summed E-state index contributed by atoms with van der Waals surface area (Å²) in [5.74, 6) is -0.389. The maximum Gasteiger partial charge on any atom is 0.337 e. The topological polar surface area (TPSA) is 106 Å². The van der Waals surface area contributed by atoms with E-state index in [2.05, 4.69) is 25.8 Å². The maximum atomic E-state index is 12.6. The van der Waals surface area contributed by atoms with Crippen LogP contribution in [0, 0.1) is 0 Å². The molecule has 0 bridgehead atoms. The summed E-state index contributed by atoms with van der Waals surface area (Å²) in [4.78, 5) is 28.5. The number of carbonyl (C=O) groups is 2. The molecule has 0 saturated heterocycles. The van der Waals surface area contributed by atoms with Crippen molar-refractivity contribution in [3.8, 4) is 0 Å². The zero-order valence-electron chi connectivity index (χ0n) is 16.0. The van der Waals surface area contributed by atoms with E-state index < -0.39 is 5.97 Å². The molecule has 0 atom stereocenters. The number of para-hydroxylation sites is 1. The molecule has 0 aliphatic carbocycles. The number of nitrogens with one attached hydrogen (secondary N) is 2. The maximum absolute atomic E-state index is 12.6. The van der Waals surface area contributed by atoms with Gasteiger partial charge in [0, 0.05) is 17.3 Å². The molecule has 30 heavy (non-hydrogen) atoms. The Hall–Kier alpha value is -4.33. The van der Waals surface area contributed by atoms with Gasteiger partial charge in [-0.3, -0.25) is 9.78 Å². The highest BCUT2D eigenvalue weighted by atomic mass is 16.5. The van der Waals surface area contributed by atoms with Crippen molar-refractivity contribution in [1.29, 1.82) is 0 Å². The van der Waals surface area contributed by atoms with E-state index in [-0.39, 0.29) is 11.6 Å². The fourth-order valence-electron chi connectivity index (χ4n) is 2.90. The lowest BCUT2D eigenvalue weighted by atomic mass is 10.2. The van der Waals surface area contributed by atoms with Gasteiger partial charge in [0.2, 0.25) is 0 Å². The zero-order valence-corrected chi connectivity index (χ0v) is 16.0. The quantitative estimate of drug-likeness (QED) is 0.492. The van der Waals surface area contributed by atoms with E-state index in [0.717, 1.165) is 5.39 Å². The summed E-state index contributed by atoms with van der Waals surface area (Å²) >= 11 is 0. The second kappa shape index (κ2) is 8.36. The number of ether oxygens (including phenoxy) is 1. The minimum absolute atomic E-state index is 0.164. The number of nitrogens with zero attached hydrogens (tertiary/aromatic N) is 3. The van der Waals surface area contributed by atoms with Crippen LogP contribution >= 0.6 is 0 Å². The van der Waals surface area contributed by atoms with Crippen molar-refractivity contribution in [3.05, 3.63) is 84.2 Å². The number of benzene rings is 2. The molecule has 0 aliphatic heterocycles. The van der Waals surface area contributed by atoms with Crippen molar-refractivity contribution >= 4 is 40.0 Å². The molecule has 148 valence electrons. The minimum atomic E-state index is -0.431. The van der Waals surface area contributed by atoms with Crippen LogP contribution < -0.4 is 10.6 Å². The van der Waals surface area contributed by atoms with E-state index in [1.165, 1.54) is 7.11 Å².